The van der Waals surface area contributed by atoms with Crippen LogP contribution in [0.5, 0.6) is 0 Å². The number of aromatic nitrogens is 1. The van der Waals surface area contributed by atoms with Crippen molar-refractivity contribution in [2.45, 2.75) is 25.9 Å². The molecule has 3 nitrogen and oxygen atoms in total. The molecule has 20 heavy (non-hydrogen) atoms. The Labute approximate surface area is 125 Å². The molecule has 0 amide bonds. The van der Waals surface area contributed by atoms with E-state index in [1.165, 1.54) is 10.9 Å². The zero-order valence-corrected chi connectivity index (χ0v) is 12.8. The standard InChI is InChI=1S/C16H21ClN2O/c1-12-9-13(10-18-14(7-8-17)11-20-2)15-5-3-4-6-16(15)19-12/h3-6,9,14,18H,7-8,10-11H2,1-2H3. The van der Waals surface area contributed by atoms with Crippen LogP contribution in [0, 0.1) is 6.92 Å². The Kier molecular flexibility index (Phi) is 5.77. The van der Waals surface area contributed by atoms with Crippen LogP contribution in [0.2, 0.25) is 0 Å². The van der Waals surface area contributed by atoms with Crippen LogP contribution in [0.15, 0.2) is 30.3 Å². The lowest BCUT2D eigenvalue weighted by molar-refractivity contribution is 0.164. The molecule has 0 saturated carbocycles. The average molecular weight is 293 g/mol. The molecular weight excluding hydrogens is 272 g/mol. The highest BCUT2D eigenvalue weighted by Gasteiger charge is 2.09. The number of halogens is 1. The monoisotopic (exact) mass is 292 g/mol. The summed E-state index contributed by atoms with van der Waals surface area (Å²) < 4.78 is 5.22. The first-order valence-electron chi connectivity index (χ1n) is 6.88. The van der Waals surface area contributed by atoms with Gasteiger partial charge in [0.1, 0.15) is 0 Å². The highest BCUT2D eigenvalue weighted by atomic mass is 35.5. The van der Waals surface area contributed by atoms with Gasteiger partial charge in [-0.05, 0) is 31.0 Å². The van der Waals surface area contributed by atoms with E-state index in [0.29, 0.717) is 12.5 Å². The largest absolute Gasteiger partial charge is 0.383 e. The van der Waals surface area contributed by atoms with Crippen LogP contribution in [0.4, 0.5) is 0 Å². The molecule has 1 aromatic heterocycles. The van der Waals surface area contributed by atoms with E-state index >= 15 is 0 Å². The minimum absolute atomic E-state index is 0.282. The first-order valence-corrected chi connectivity index (χ1v) is 7.41. The van der Waals surface area contributed by atoms with Gasteiger partial charge in [0.15, 0.2) is 0 Å². The molecular formula is C16H21ClN2O. The molecule has 2 rings (SSSR count). The molecule has 1 N–H and O–H groups in total. The van der Waals surface area contributed by atoms with Crippen molar-refractivity contribution in [2.24, 2.45) is 0 Å². The molecule has 4 heteroatoms. The maximum absolute atomic E-state index is 5.83. The molecule has 1 unspecified atom stereocenters. The number of hydrogen-bond donors (Lipinski definition) is 1. The molecule has 2 aromatic rings. The number of alkyl halides is 1. The third-order valence-corrected chi connectivity index (χ3v) is 3.55. The summed E-state index contributed by atoms with van der Waals surface area (Å²) in [7, 11) is 1.72. The molecule has 0 aliphatic carbocycles. The van der Waals surface area contributed by atoms with Crippen molar-refractivity contribution in [3.8, 4) is 0 Å². The lowest BCUT2D eigenvalue weighted by Gasteiger charge is -2.17. The molecule has 0 fully saturated rings. The Balaban J connectivity index is 2.16. The summed E-state index contributed by atoms with van der Waals surface area (Å²) in [5.74, 6) is 0.636. The van der Waals surface area contributed by atoms with Crippen molar-refractivity contribution in [3.63, 3.8) is 0 Å². The number of nitrogens with one attached hydrogen (secondary N) is 1. The van der Waals surface area contributed by atoms with Crippen molar-refractivity contribution < 1.29 is 4.74 Å². The summed E-state index contributed by atoms with van der Waals surface area (Å²) in [6.45, 7) is 3.50. The van der Waals surface area contributed by atoms with Crippen LogP contribution in [-0.4, -0.2) is 30.6 Å². The summed E-state index contributed by atoms with van der Waals surface area (Å²) in [5.41, 5.74) is 3.36. The predicted molar refractivity (Wildman–Crippen MR) is 84.3 cm³/mol. The highest BCUT2D eigenvalue weighted by molar-refractivity contribution is 6.17. The average Bonchev–Trinajstić information content (AvgIpc) is 2.44. The Hall–Kier alpha value is -1.16. The SMILES string of the molecule is COCC(CCCl)NCc1cc(C)nc2ccccc12. The van der Waals surface area contributed by atoms with Gasteiger partial charge in [0.25, 0.3) is 0 Å². The maximum Gasteiger partial charge on any atom is 0.0708 e. The third kappa shape index (κ3) is 3.92. The van der Waals surface area contributed by atoms with Crippen LogP contribution in [0.1, 0.15) is 17.7 Å². The van der Waals surface area contributed by atoms with Gasteiger partial charge in [0.2, 0.25) is 0 Å². The smallest absolute Gasteiger partial charge is 0.0708 e. The molecule has 0 saturated heterocycles. The zero-order chi connectivity index (χ0) is 14.4. The number of fused-ring (bicyclic) bond motifs is 1. The molecule has 1 aromatic carbocycles. The van der Waals surface area contributed by atoms with E-state index < -0.39 is 0 Å². The Morgan fingerprint density at radius 1 is 1.35 bits per heavy atom. The van der Waals surface area contributed by atoms with Crippen LogP contribution >= 0.6 is 11.6 Å². The summed E-state index contributed by atoms with van der Waals surface area (Å²) in [6.07, 6.45) is 0.900. The summed E-state index contributed by atoms with van der Waals surface area (Å²) in [4.78, 5) is 4.56. The van der Waals surface area contributed by atoms with E-state index in [2.05, 4.69) is 28.5 Å². The fourth-order valence-electron chi connectivity index (χ4n) is 2.37. The second-order valence-electron chi connectivity index (χ2n) is 4.95. The minimum Gasteiger partial charge on any atom is -0.383 e. The van der Waals surface area contributed by atoms with E-state index in [1.54, 1.807) is 7.11 Å². The summed E-state index contributed by atoms with van der Waals surface area (Å²) >= 11 is 5.83. The van der Waals surface area contributed by atoms with Gasteiger partial charge in [-0.1, -0.05) is 18.2 Å². The van der Waals surface area contributed by atoms with Crippen molar-refractivity contribution in [1.82, 2.24) is 10.3 Å². The number of methoxy groups -OCH3 is 1. The Morgan fingerprint density at radius 2 is 2.15 bits per heavy atom. The third-order valence-electron chi connectivity index (χ3n) is 3.34. The lowest BCUT2D eigenvalue weighted by Crippen LogP contribution is -2.33. The minimum atomic E-state index is 0.282. The normalized spacial score (nSPS) is 12.8. The fourth-order valence-corrected chi connectivity index (χ4v) is 2.64. The number of benzene rings is 1. The predicted octanol–water partition coefficient (Wildman–Crippen LogP) is 3.28. The van der Waals surface area contributed by atoms with Gasteiger partial charge in [-0.3, -0.25) is 4.98 Å². The summed E-state index contributed by atoms with van der Waals surface area (Å²) in [6, 6.07) is 10.7. The fraction of sp³-hybridized carbons (Fsp3) is 0.438. The number of pyridine rings is 1. The number of nitrogens with zero attached hydrogens (tertiary/aromatic N) is 1. The van der Waals surface area contributed by atoms with Crippen LogP contribution < -0.4 is 5.32 Å². The van der Waals surface area contributed by atoms with E-state index in [1.807, 2.05) is 19.1 Å². The van der Waals surface area contributed by atoms with Gasteiger partial charge in [-0.25, -0.2) is 0 Å². The molecule has 108 valence electrons. The van der Waals surface area contributed by atoms with E-state index in [9.17, 15) is 0 Å². The summed E-state index contributed by atoms with van der Waals surface area (Å²) in [5, 5.41) is 4.72. The van der Waals surface area contributed by atoms with E-state index in [-0.39, 0.29) is 6.04 Å². The number of hydrogen-bond acceptors (Lipinski definition) is 3. The first kappa shape index (κ1) is 15.2. The van der Waals surface area contributed by atoms with E-state index in [0.717, 1.165) is 24.2 Å². The molecule has 0 aliphatic heterocycles. The quantitative estimate of drug-likeness (QED) is 0.795. The molecule has 1 atom stereocenters. The topological polar surface area (TPSA) is 34.1 Å². The van der Waals surface area contributed by atoms with Crippen molar-refractivity contribution in [2.75, 3.05) is 19.6 Å². The first-order chi connectivity index (χ1) is 9.74. The van der Waals surface area contributed by atoms with Gasteiger partial charge >= 0.3 is 0 Å². The van der Waals surface area contributed by atoms with Gasteiger partial charge in [-0.2, -0.15) is 0 Å². The van der Waals surface area contributed by atoms with Gasteiger partial charge < -0.3 is 10.1 Å². The molecule has 0 radical (unpaired) electrons. The number of para-hydroxylation sites is 1. The Bertz CT molecular complexity index is 553. The van der Waals surface area contributed by atoms with Gasteiger partial charge in [0, 0.05) is 36.7 Å². The highest BCUT2D eigenvalue weighted by Crippen LogP contribution is 2.18. The van der Waals surface area contributed by atoms with Crippen molar-refractivity contribution >= 4 is 22.5 Å². The molecule has 1 heterocycles. The second-order valence-corrected chi connectivity index (χ2v) is 5.33. The number of rotatable bonds is 7. The number of ether oxygens (including phenoxy) is 1. The molecule has 0 bridgehead atoms. The van der Waals surface area contributed by atoms with Gasteiger partial charge in [-0.15, -0.1) is 11.6 Å². The lowest BCUT2D eigenvalue weighted by atomic mass is 10.1. The Morgan fingerprint density at radius 3 is 2.90 bits per heavy atom. The van der Waals surface area contributed by atoms with Crippen LogP contribution in [0.25, 0.3) is 10.9 Å². The van der Waals surface area contributed by atoms with E-state index in [4.69, 9.17) is 16.3 Å². The van der Waals surface area contributed by atoms with Crippen molar-refractivity contribution in [1.29, 1.82) is 0 Å². The van der Waals surface area contributed by atoms with Crippen LogP contribution in [-0.2, 0) is 11.3 Å². The maximum atomic E-state index is 5.83. The van der Waals surface area contributed by atoms with Crippen LogP contribution in [0.3, 0.4) is 0 Å². The number of aryl methyl sites for hydroxylation is 1. The molecule has 0 aliphatic rings. The molecule has 0 spiro atoms. The zero-order valence-electron chi connectivity index (χ0n) is 12.0. The van der Waals surface area contributed by atoms with Gasteiger partial charge in [0.05, 0.1) is 12.1 Å². The second kappa shape index (κ2) is 7.58. The van der Waals surface area contributed by atoms with Crippen molar-refractivity contribution in [3.05, 3.63) is 41.6 Å².